The molecular weight excluding hydrogens is 332 g/mol. The number of carbonyl (C=O) groups is 2. The van der Waals surface area contributed by atoms with Crippen molar-refractivity contribution in [2.75, 3.05) is 13.2 Å². The number of aromatic carboxylic acids is 1. The number of H-pyrrole nitrogens is 1. The fraction of sp³-hybridized carbons (Fsp3) is 0.250. The van der Waals surface area contributed by atoms with E-state index in [0.717, 1.165) is 18.4 Å². The molecule has 6 nitrogen and oxygen atoms in total. The molecule has 1 saturated heterocycles. The van der Waals surface area contributed by atoms with Crippen LogP contribution in [-0.2, 0) is 4.74 Å². The van der Waals surface area contributed by atoms with Gasteiger partial charge in [0, 0.05) is 30.3 Å². The summed E-state index contributed by atoms with van der Waals surface area (Å²) in [6, 6.07) is 12.2. The standard InChI is InChI=1S/C20H18N2O4/c23-18(13-7-9-26-10-8-13)12-1-3-14(4-2-12)19-21-16-6-5-15(20(24)25)11-17(16)22-19/h1-6,11,13H,7-10H2,(H,21,22)(H,24,25). The van der Waals surface area contributed by atoms with Gasteiger partial charge in [0.15, 0.2) is 5.78 Å². The number of aromatic nitrogens is 2. The molecule has 2 N–H and O–H groups in total. The summed E-state index contributed by atoms with van der Waals surface area (Å²) in [6.07, 6.45) is 1.55. The number of Topliss-reactive ketones (excluding diaryl/α,β-unsaturated/α-hetero) is 1. The zero-order chi connectivity index (χ0) is 18.1. The number of ether oxygens (including phenoxy) is 1. The lowest BCUT2D eigenvalue weighted by Gasteiger charge is -2.20. The molecule has 1 aliphatic heterocycles. The van der Waals surface area contributed by atoms with Crippen molar-refractivity contribution in [1.29, 1.82) is 0 Å². The number of ketones is 1. The molecule has 3 aromatic rings. The average molecular weight is 350 g/mol. The predicted molar refractivity (Wildman–Crippen MR) is 96.4 cm³/mol. The van der Waals surface area contributed by atoms with E-state index in [1.807, 2.05) is 24.3 Å². The van der Waals surface area contributed by atoms with Crippen molar-refractivity contribution in [1.82, 2.24) is 9.97 Å². The molecule has 6 heteroatoms. The van der Waals surface area contributed by atoms with Crippen molar-refractivity contribution in [3.05, 3.63) is 53.6 Å². The largest absolute Gasteiger partial charge is 0.478 e. The Hall–Kier alpha value is -2.99. The van der Waals surface area contributed by atoms with Gasteiger partial charge in [-0.3, -0.25) is 4.79 Å². The van der Waals surface area contributed by atoms with Crippen LogP contribution >= 0.6 is 0 Å². The van der Waals surface area contributed by atoms with Crippen LogP contribution in [0.1, 0.15) is 33.6 Å². The zero-order valence-corrected chi connectivity index (χ0v) is 14.1. The number of hydrogen-bond donors (Lipinski definition) is 2. The molecule has 0 amide bonds. The minimum atomic E-state index is -0.973. The van der Waals surface area contributed by atoms with E-state index in [1.165, 1.54) is 6.07 Å². The van der Waals surface area contributed by atoms with E-state index in [4.69, 9.17) is 9.84 Å². The second kappa shape index (κ2) is 6.72. The van der Waals surface area contributed by atoms with Crippen LogP contribution in [0.25, 0.3) is 22.4 Å². The maximum absolute atomic E-state index is 12.6. The van der Waals surface area contributed by atoms with E-state index in [0.29, 0.717) is 35.6 Å². The van der Waals surface area contributed by atoms with Crippen LogP contribution in [0.5, 0.6) is 0 Å². The molecule has 0 radical (unpaired) electrons. The van der Waals surface area contributed by atoms with E-state index in [1.54, 1.807) is 12.1 Å². The summed E-state index contributed by atoms with van der Waals surface area (Å²) >= 11 is 0. The Morgan fingerprint density at radius 2 is 1.73 bits per heavy atom. The molecule has 1 aromatic heterocycles. The normalized spacial score (nSPS) is 15.2. The predicted octanol–water partition coefficient (Wildman–Crippen LogP) is 3.54. The van der Waals surface area contributed by atoms with E-state index in [-0.39, 0.29) is 17.3 Å². The fourth-order valence-corrected chi connectivity index (χ4v) is 3.27. The summed E-state index contributed by atoms with van der Waals surface area (Å²) in [6.45, 7) is 1.29. The van der Waals surface area contributed by atoms with Crippen LogP contribution in [0.3, 0.4) is 0 Å². The summed E-state index contributed by atoms with van der Waals surface area (Å²) in [5.74, 6) is -0.127. The summed E-state index contributed by atoms with van der Waals surface area (Å²) in [5, 5.41) is 9.08. The Morgan fingerprint density at radius 3 is 2.42 bits per heavy atom. The summed E-state index contributed by atoms with van der Waals surface area (Å²) in [5.41, 5.74) is 3.13. The van der Waals surface area contributed by atoms with E-state index in [9.17, 15) is 9.59 Å². The van der Waals surface area contributed by atoms with E-state index < -0.39 is 5.97 Å². The third-order valence-electron chi connectivity index (χ3n) is 4.76. The Kier molecular flexibility index (Phi) is 4.26. The molecule has 26 heavy (non-hydrogen) atoms. The lowest BCUT2D eigenvalue weighted by atomic mass is 9.90. The fourth-order valence-electron chi connectivity index (χ4n) is 3.27. The number of nitrogens with zero attached hydrogens (tertiary/aromatic N) is 1. The average Bonchev–Trinajstić information content (AvgIpc) is 3.11. The van der Waals surface area contributed by atoms with Crippen molar-refractivity contribution in [2.45, 2.75) is 12.8 Å². The molecule has 2 aromatic carbocycles. The van der Waals surface area contributed by atoms with Gasteiger partial charge < -0.3 is 14.8 Å². The Morgan fingerprint density at radius 1 is 1.04 bits per heavy atom. The summed E-state index contributed by atoms with van der Waals surface area (Å²) in [7, 11) is 0. The molecule has 0 spiro atoms. The number of fused-ring (bicyclic) bond motifs is 1. The number of benzene rings is 2. The number of carboxylic acids is 1. The smallest absolute Gasteiger partial charge is 0.335 e. The minimum Gasteiger partial charge on any atom is -0.478 e. The zero-order valence-electron chi connectivity index (χ0n) is 14.1. The summed E-state index contributed by atoms with van der Waals surface area (Å²) in [4.78, 5) is 31.3. The Labute approximate surface area is 149 Å². The first-order valence-corrected chi connectivity index (χ1v) is 8.57. The molecule has 0 aliphatic carbocycles. The van der Waals surface area contributed by atoms with Crippen LogP contribution in [0.4, 0.5) is 0 Å². The SMILES string of the molecule is O=C(O)c1ccc2nc(-c3ccc(C(=O)C4CCOCC4)cc3)[nH]c2c1. The third kappa shape index (κ3) is 3.11. The van der Waals surface area contributed by atoms with Crippen LogP contribution in [0.15, 0.2) is 42.5 Å². The number of carbonyl (C=O) groups excluding carboxylic acids is 1. The highest BCUT2D eigenvalue weighted by atomic mass is 16.5. The van der Waals surface area contributed by atoms with E-state index in [2.05, 4.69) is 9.97 Å². The van der Waals surface area contributed by atoms with Crippen LogP contribution in [0.2, 0.25) is 0 Å². The molecule has 1 aliphatic rings. The quantitative estimate of drug-likeness (QED) is 0.702. The number of nitrogens with one attached hydrogen (secondary N) is 1. The van der Waals surface area contributed by atoms with Crippen LogP contribution in [-0.4, -0.2) is 40.0 Å². The second-order valence-corrected chi connectivity index (χ2v) is 6.45. The molecular formula is C20H18N2O4. The molecule has 0 saturated carbocycles. The molecule has 4 rings (SSSR count). The van der Waals surface area contributed by atoms with Gasteiger partial charge in [-0.05, 0) is 31.0 Å². The minimum absolute atomic E-state index is 0.0373. The number of imidazole rings is 1. The second-order valence-electron chi connectivity index (χ2n) is 6.45. The van der Waals surface area contributed by atoms with Crippen molar-refractivity contribution in [2.24, 2.45) is 5.92 Å². The van der Waals surface area contributed by atoms with Gasteiger partial charge in [-0.15, -0.1) is 0 Å². The van der Waals surface area contributed by atoms with Gasteiger partial charge in [0.1, 0.15) is 5.82 Å². The van der Waals surface area contributed by atoms with Gasteiger partial charge in [-0.1, -0.05) is 24.3 Å². The Balaban J connectivity index is 1.59. The number of rotatable bonds is 4. The molecule has 0 unspecified atom stereocenters. The monoisotopic (exact) mass is 350 g/mol. The molecule has 1 fully saturated rings. The first kappa shape index (κ1) is 16.5. The first-order valence-electron chi connectivity index (χ1n) is 8.57. The molecule has 0 atom stereocenters. The maximum Gasteiger partial charge on any atom is 0.335 e. The Bertz CT molecular complexity index is 969. The highest BCUT2D eigenvalue weighted by Gasteiger charge is 2.22. The maximum atomic E-state index is 12.6. The van der Waals surface area contributed by atoms with Gasteiger partial charge in [0.25, 0.3) is 0 Å². The molecule has 0 bridgehead atoms. The topological polar surface area (TPSA) is 92.3 Å². The molecule has 132 valence electrons. The lowest BCUT2D eigenvalue weighted by Crippen LogP contribution is -2.23. The molecule has 2 heterocycles. The van der Waals surface area contributed by atoms with Gasteiger partial charge in [-0.2, -0.15) is 0 Å². The number of carboxylic acid groups (broad SMARTS) is 1. The van der Waals surface area contributed by atoms with Crippen LogP contribution in [0, 0.1) is 5.92 Å². The third-order valence-corrected chi connectivity index (χ3v) is 4.76. The van der Waals surface area contributed by atoms with Gasteiger partial charge in [-0.25, -0.2) is 9.78 Å². The number of aromatic amines is 1. The van der Waals surface area contributed by atoms with Crippen LogP contribution < -0.4 is 0 Å². The van der Waals surface area contributed by atoms with Crippen molar-refractivity contribution in [3.63, 3.8) is 0 Å². The van der Waals surface area contributed by atoms with E-state index >= 15 is 0 Å². The van der Waals surface area contributed by atoms with Gasteiger partial charge in [0.2, 0.25) is 0 Å². The van der Waals surface area contributed by atoms with Gasteiger partial charge >= 0.3 is 5.97 Å². The van der Waals surface area contributed by atoms with Crippen molar-refractivity contribution < 1.29 is 19.4 Å². The lowest BCUT2D eigenvalue weighted by molar-refractivity contribution is 0.0545. The van der Waals surface area contributed by atoms with Gasteiger partial charge in [0.05, 0.1) is 16.6 Å². The first-order chi connectivity index (χ1) is 12.6. The highest BCUT2D eigenvalue weighted by molar-refractivity contribution is 5.98. The van der Waals surface area contributed by atoms with Crippen molar-refractivity contribution >= 4 is 22.8 Å². The van der Waals surface area contributed by atoms with Crippen molar-refractivity contribution in [3.8, 4) is 11.4 Å². The number of hydrogen-bond acceptors (Lipinski definition) is 4. The highest BCUT2D eigenvalue weighted by Crippen LogP contribution is 2.24. The summed E-state index contributed by atoms with van der Waals surface area (Å²) < 4.78 is 5.31.